The normalized spacial score (nSPS) is 10.8. The molecule has 0 saturated heterocycles. The molecule has 0 aliphatic carbocycles. The van der Waals surface area contributed by atoms with Gasteiger partial charge in [-0.2, -0.15) is 0 Å². The van der Waals surface area contributed by atoms with E-state index in [2.05, 4.69) is 41.0 Å². The Morgan fingerprint density at radius 3 is 2.41 bits per heavy atom. The predicted molar refractivity (Wildman–Crippen MR) is 140 cm³/mol. The van der Waals surface area contributed by atoms with Gasteiger partial charge in [-0.25, -0.2) is 4.98 Å². The molecule has 0 atom stereocenters. The Hall–Kier alpha value is -3.96. The van der Waals surface area contributed by atoms with Crippen LogP contribution in [0, 0.1) is 0 Å². The third-order valence-electron chi connectivity index (χ3n) is 5.53. The molecule has 0 unspecified atom stereocenters. The highest BCUT2D eigenvalue weighted by molar-refractivity contribution is 7.13. The van der Waals surface area contributed by atoms with Gasteiger partial charge in [-0.05, 0) is 41.5 Å². The maximum Gasteiger partial charge on any atom is 0.224 e. The zero-order valence-corrected chi connectivity index (χ0v) is 19.4. The Labute approximate surface area is 202 Å². The number of fused-ring (bicyclic) bond motifs is 1. The summed E-state index contributed by atoms with van der Waals surface area (Å²) in [5.41, 5.74) is 3.86. The fraction of sp³-hybridized carbons (Fsp3) is 0.103. The van der Waals surface area contributed by atoms with E-state index in [1.54, 1.807) is 11.3 Å². The number of rotatable bonds is 8. The summed E-state index contributed by atoms with van der Waals surface area (Å²) in [6.45, 7) is 0.498. The number of hydrogen-bond donors (Lipinski definition) is 1. The molecule has 0 fully saturated rings. The number of thiazole rings is 1. The highest BCUT2D eigenvalue weighted by atomic mass is 32.1. The van der Waals surface area contributed by atoms with Crippen LogP contribution in [-0.2, 0) is 4.79 Å². The van der Waals surface area contributed by atoms with Crippen molar-refractivity contribution in [1.29, 1.82) is 0 Å². The average molecular weight is 465 g/mol. The molecular formula is C29H24N2O2S. The first-order valence-corrected chi connectivity index (χ1v) is 12.2. The van der Waals surface area contributed by atoms with Crippen LogP contribution in [0.3, 0.4) is 0 Å². The van der Waals surface area contributed by atoms with Crippen molar-refractivity contribution in [1.82, 2.24) is 4.98 Å². The molecule has 0 radical (unpaired) electrons. The standard InChI is InChI=1S/C29H24N2O2S/c32-28(11-6-18-33-26-17-14-21-7-4-5-10-24(21)19-26)30-25-15-12-22(13-16-25)27-20-34-29(31-27)23-8-2-1-3-9-23/h1-5,7-10,12-17,19-20H,6,11,18H2,(H,30,32). The molecule has 4 aromatic carbocycles. The van der Waals surface area contributed by atoms with Crippen LogP contribution in [0.2, 0.25) is 0 Å². The van der Waals surface area contributed by atoms with E-state index in [4.69, 9.17) is 9.72 Å². The average Bonchev–Trinajstić information content (AvgIpc) is 3.38. The molecule has 168 valence electrons. The van der Waals surface area contributed by atoms with Gasteiger partial charge in [0.15, 0.2) is 0 Å². The molecule has 5 heteroatoms. The number of ether oxygens (including phenoxy) is 1. The number of amides is 1. The zero-order valence-electron chi connectivity index (χ0n) is 18.6. The smallest absolute Gasteiger partial charge is 0.224 e. The molecule has 1 amide bonds. The number of benzene rings is 4. The molecule has 0 aliphatic rings. The largest absolute Gasteiger partial charge is 0.494 e. The SMILES string of the molecule is O=C(CCCOc1ccc2ccccc2c1)Nc1ccc(-c2csc(-c3ccccc3)n2)cc1. The van der Waals surface area contributed by atoms with Crippen LogP contribution in [0.4, 0.5) is 5.69 Å². The second-order valence-electron chi connectivity index (χ2n) is 7.99. The van der Waals surface area contributed by atoms with Crippen LogP contribution in [0.1, 0.15) is 12.8 Å². The summed E-state index contributed by atoms with van der Waals surface area (Å²) in [5.74, 6) is 0.807. The van der Waals surface area contributed by atoms with Crippen molar-refractivity contribution in [2.75, 3.05) is 11.9 Å². The summed E-state index contributed by atoms with van der Waals surface area (Å²) >= 11 is 1.63. The van der Waals surface area contributed by atoms with Gasteiger partial charge < -0.3 is 10.1 Å². The summed E-state index contributed by atoms with van der Waals surface area (Å²) in [5, 5.41) is 8.36. The van der Waals surface area contributed by atoms with Crippen LogP contribution in [0.15, 0.2) is 102 Å². The number of anilines is 1. The lowest BCUT2D eigenvalue weighted by atomic mass is 10.1. The molecule has 0 spiro atoms. The lowest BCUT2D eigenvalue weighted by molar-refractivity contribution is -0.116. The van der Waals surface area contributed by atoms with E-state index >= 15 is 0 Å². The zero-order chi connectivity index (χ0) is 23.2. The van der Waals surface area contributed by atoms with Crippen LogP contribution in [-0.4, -0.2) is 17.5 Å². The summed E-state index contributed by atoms with van der Waals surface area (Å²) < 4.78 is 5.83. The predicted octanol–water partition coefficient (Wildman–Crippen LogP) is 7.43. The molecule has 1 N–H and O–H groups in total. The first-order chi connectivity index (χ1) is 16.7. The number of aromatic nitrogens is 1. The third kappa shape index (κ3) is 5.33. The molecule has 5 rings (SSSR count). The monoisotopic (exact) mass is 464 g/mol. The molecule has 4 nitrogen and oxygen atoms in total. The van der Waals surface area contributed by atoms with E-state index in [9.17, 15) is 4.79 Å². The Balaban J connectivity index is 1.10. The Kier molecular flexibility index (Phi) is 6.64. The minimum absolute atomic E-state index is 0.0186. The maximum atomic E-state index is 12.3. The summed E-state index contributed by atoms with van der Waals surface area (Å²) in [6, 6.07) is 32.2. The van der Waals surface area contributed by atoms with E-state index < -0.39 is 0 Å². The topological polar surface area (TPSA) is 51.2 Å². The van der Waals surface area contributed by atoms with Crippen molar-refractivity contribution < 1.29 is 9.53 Å². The van der Waals surface area contributed by atoms with Gasteiger partial charge in [0.05, 0.1) is 12.3 Å². The second-order valence-corrected chi connectivity index (χ2v) is 8.85. The van der Waals surface area contributed by atoms with Gasteiger partial charge in [-0.15, -0.1) is 11.3 Å². The third-order valence-corrected chi connectivity index (χ3v) is 6.42. The first kappa shape index (κ1) is 21.9. The minimum Gasteiger partial charge on any atom is -0.494 e. The number of nitrogens with zero attached hydrogens (tertiary/aromatic N) is 1. The molecule has 1 aromatic heterocycles. The van der Waals surface area contributed by atoms with Gasteiger partial charge in [0, 0.05) is 28.6 Å². The van der Waals surface area contributed by atoms with Crippen molar-refractivity contribution in [2.24, 2.45) is 0 Å². The van der Waals surface area contributed by atoms with Crippen LogP contribution in [0.25, 0.3) is 32.6 Å². The van der Waals surface area contributed by atoms with E-state index in [1.165, 1.54) is 5.39 Å². The van der Waals surface area contributed by atoms with Gasteiger partial charge in [-0.3, -0.25) is 4.79 Å². The van der Waals surface area contributed by atoms with Gasteiger partial charge in [0.1, 0.15) is 10.8 Å². The van der Waals surface area contributed by atoms with E-state index in [-0.39, 0.29) is 5.91 Å². The fourth-order valence-electron chi connectivity index (χ4n) is 3.75. The first-order valence-electron chi connectivity index (χ1n) is 11.3. The summed E-state index contributed by atoms with van der Waals surface area (Å²) in [6.07, 6.45) is 1.06. The Bertz CT molecular complexity index is 1390. The van der Waals surface area contributed by atoms with Gasteiger partial charge >= 0.3 is 0 Å². The number of carbonyl (C=O) groups is 1. The minimum atomic E-state index is -0.0186. The number of hydrogen-bond acceptors (Lipinski definition) is 4. The Morgan fingerprint density at radius 2 is 1.59 bits per heavy atom. The molecule has 0 aliphatic heterocycles. The summed E-state index contributed by atoms with van der Waals surface area (Å²) in [7, 11) is 0. The highest BCUT2D eigenvalue weighted by Crippen LogP contribution is 2.29. The van der Waals surface area contributed by atoms with Crippen LogP contribution >= 0.6 is 11.3 Å². The van der Waals surface area contributed by atoms with Crippen LogP contribution < -0.4 is 10.1 Å². The van der Waals surface area contributed by atoms with Crippen molar-refractivity contribution in [2.45, 2.75) is 12.8 Å². The quantitative estimate of drug-likeness (QED) is 0.243. The summed E-state index contributed by atoms with van der Waals surface area (Å²) in [4.78, 5) is 17.1. The fourth-order valence-corrected chi connectivity index (χ4v) is 4.58. The number of carbonyl (C=O) groups excluding carboxylic acids is 1. The highest BCUT2D eigenvalue weighted by Gasteiger charge is 2.08. The lowest BCUT2D eigenvalue weighted by Gasteiger charge is -2.08. The van der Waals surface area contributed by atoms with Crippen molar-refractivity contribution in [3.8, 4) is 27.6 Å². The molecule has 34 heavy (non-hydrogen) atoms. The molecular weight excluding hydrogens is 440 g/mol. The van der Waals surface area contributed by atoms with E-state index in [1.807, 2.05) is 66.7 Å². The van der Waals surface area contributed by atoms with E-state index in [0.717, 1.165) is 38.7 Å². The molecule has 0 bridgehead atoms. The molecule has 0 saturated carbocycles. The molecule has 1 heterocycles. The van der Waals surface area contributed by atoms with Gasteiger partial charge in [-0.1, -0.05) is 72.8 Å². The van der Waals surface area contributed by atoms with Crippen molar-refractivity contribution >= 4 is 33.7 Å². The Morgan fingerprint density at radius 1 is 0.824 bits per heavy atom. The number of nitrogens with one attached hydrogen (secondary N) is 1. The van der Waals surface area contributed by atoms with E-state index in [0.29, 0.717) is 19.4 Å². The second kappa shape index (κ2) is 10.3. The van der Waals surface area contributed by atoms with Crippen LogP contribution in [0.5, 0.6) is 5.75 Å². The van der Waals surface area contributed by atoms with Gasteiger partial charge in [0.2, 0.25) is 5.91 Å². The lowest BCUT2D eigenvalue weighted by Crippen LogP contribution is -2.12. The van der Waals surface area contributed by atoms with Crippen molar-refractivity contribution in [3.05, 3.63) is 102 Å². The molecule has 5 aromatic rings. The maximum absolute atomic E-state index is 12.3. The van der Waals surface area contributed by atoms with Gasteiger partial charge in [0.25, 0.3) is 0 Å². The van der Waals surface area contributed by atoms with Crippen molar-refractivity contribution in [3.63, 3.8) is 0 Å².